The Labute approximate surface area is 165 Å². The first-order valence-electron chi connectivity index (χ1n) is 8.62. The summed E-state index contributed by atoms with van der Waals surface area (Å²) in [6.07, 6.45) is 3.81. The highest BCUT2D eigenvalue weighted by molar-refractivity contribution is 7.13. The van der Waals surface area contributed by atoms with E-state index in [1.54, 1.807) is 19.2 Å². The summed E-state index contributed by atoms with van der Waals surface area (Å²) < 4.78 is 20.3. The molecule has 4 rings (SSSR count). The number of thiophene rings is 1. The van der Waals surface area contributed by atoms with Crippen LogP contribution >= 0.6 is 11.3 Å². The summed E-state index contributed by atoms with van der Waals surface area (Å²) in [6, 6.07) is 17.3. The molecule has 4 nitrogen and oxygen atoms in total. The van der Waals surface area contributed by atoms with Crippen molar-refractivity contribution in [2.45, 2.75) is 0 Å². The van der Waals surface area contributed by atoms with Crippen molar-refractivity contribution in [3.8, 4) is 22.6 Å². The van der Waals surface area contributed by atoms with Gasteiger partial charge in [-0.1, -0.05) is 12.1 Å². The Kier molecular flexibility index (Phi) is 4.95. The van der Waals surface area contributed by atoms with E-state index in [-0.39, 0.29) is 11.7 Å². The third kappa shape index (κ3) is 3.54. The summed E-state index contributed by atoms with van der Waals surface area (Å²) in [5.74, 6) is 0.194. The summed E-state index contributed by atoms with van der Waals surface area (Å²) in [7, 11) is 1.63. The number of amides is 1. The second kappa shape index (κ2) is 7.70. The average molecular weight is 392 g/mol. The molecule has 0 atom stereocenters. The van der Waals surface area contributed by atoms with E-state index in [0.717, 1.165) is 22.6 Å². The Morgan fingerprint density at radius 1 is 1.04 bits per heavy atom. The van der Waals surface area contributed by atoms with Gasteiger partial charge < -0.3 is 14.6 Å². The molecule has 0 unspecified atom stereocenters. The second-order valence-electron chi connectivity index (χ2n) is 6.11. The molecular weight excluding hydrogens is 375 g/mol. The number of halogens is 1. The molecule has 2 aromatic carbocycles. The van der Waals surface area contributed by atoms with E-state index in [1.165, 1.54) is 23.5 Å². The number of rotatable bonds is 5. The Morgan fingerprint density at radius 3 is 2.36 bits per heavy atom. The van der Waals surface area contributed by atoms with Gasteiger partial charge >= 0.3 is 0 Å². The molecule has 6 heteroatoms. The fourth-order valence-electron chi connectivity index (χ4n) is 2.95. The van der Waals surface area contributed by atoms with Crippen molar-refractivity contribution in [2.75, 3.05) is 12.4 Å². The minimum Gasteiger partial charge on any atom is -0.497 e. The normalized spacial score (nSPS) is 10.6. The zero-order valence-corrected chi connectivity index (χ0v) is 15.9. The Hall–Kier alpha value is -3.38. The SMILES string of the molecule is COc1ccc(-c2csc(C(=O)Nc3ccc(F)cc3)c2-n2cccc2)cc1. The molecule has 0 aliphatic carbocycles. The highest BCUT2D eigenvalue weighted by Gasteiger charge is 2.20. The number of hydrogen-bond acceptors (Lipinski definition) is 3. The van der Waals surface area contributed by atoms with Crippen LogP contribution in [0.25, 0.3) is 16.8 Å². The van der Waals surface area contributed by atoms with Crippen molar-refractivity contribution in [3.05, 3.63) is 89.1 Å². The monoisotopic (exact) mass is 392 g/mol. The fraction of sp³-hybridized carbons (Fsp3) is 0.0455. The highest BCUT2D eigenvalue weighted by atomic mass is 32.1. The molecule has 0 spiro atoms. The van der Waals surface area contributed by atoms with Crippen molar-refractivity contribution in [2.24, 2.45) is 0 Å². The quantitative estimate of drug-likeness (QED) is 0.480. The van der Waals surface area contributed by atoms with E-state index in [4.69, 9.17) is 4.74 Å². The molecule has 1 N–H and O–H groups in total. The minimum atomic E-state index is -0.344. The number of ether oxygens (including phenoxy) is 1. The Bertz CT molecular complexity index is 1080. The van der Waals surface area contributed by atoms with Gasteiger partial charge in [-0.2, -0.15) is 0 Å². The van der Waals surface area contributed by atoms with E-state index < -0.39 is 0 Å². The maximum atomic E-state index is 13.1. The Morgan fingerprint density at radius 2 is 1.71 bits per heavy atom. The molecule has 0 aliphatic heterocycles. The predicted octanol–water partition coefficient (Wildman–Crippen LogP) is 5.61. The van der Waals surface area contributed by atoms with Crippen LogP contribution in [0.5, 0.6) is 5.75 Å². The number of anilines is 1. The summed E-state index contributed by atoms with van der Waals surface area (Å²) in [6.45, 7) is 0. The molecule has 2 heterocycles. The smallest absolute Gasteiger partial charge is 0.267 e. The van der Waals surface area contributed by atoms with E-state index in [1.807, 2.05) is 58.7 Å². The van der Waals surface area contributed by atoms with Crippen LogP contribution in [0.15, 0.2) is 78.4 Å². The largest absolute Gasteiger partial charge is 0.497 e. The molecule has 0 fully saturated rings. The van der Waals surface area contributed by atoms with Gasteiger partial charge in [0.1, 0.15) is 16.4 Å². The van der Waals surface area contributed by atoms with Gasteiger partial charge in [0, 0.05) is 29.0 Å². The van der Waals surface area contributed by atoms with Crippen LogP contribution in [0.4, 0.5) is 10.1 Å². The number of benzene rings is 2. The molecule has 0 radical (unpaired) electrons. The average Bonchev–Trinajstić information content (AvgIpc) is 3.39. The maximum Gasteiger partial charge on any atom is 0.267 e. The lowest BCUT2D eigenvalue weighted by Crippen LogP contribution is -2.13. The van der Waals surface area contributed by atoms with Crippen LogP contribution in [-0.2, 0) is 0 Å². The number of hydrogen-bond donors (Lipinski definition) is 1. The van der Waals surface area contributed by atoms with Crippen LogP contribution in [0.3, 0.4) is 0 Å². The van der Waals surface area contributed by atoms with E-state index in [0.29, 0.717) is 10.6 Å². The first-order chi connectivity index (χ1) is 13.7. The zero-order chi connectivity index (χ0) is 19.5. The topological polar surface area (TPSA) is 43.3 Å². The van der Waals surface area contributed by atoms with Crippen LogP contribution in [-0.4, -0.2) is 17.6 Å². The van der Waals surface area contributed by atoms with Crippen LogP contribution in [0.2, 0.25) is 0 Å². The standard InChI is InChI=1S/C22H17FN2O2S/c1-27-18-10-4-15(5-11-18)19-14-28-21(20(19)25-12-2-3-13-25)22(26)24-17-8-6-16(23)7-9-17/h2-14H,1H3,(H,24,26). The molecule has 0 bridgehead atoms. The fourth-order valence-corrected chi connectivity index (χ4v) is 3.92. The van der Waals surface area contributed by atoms with Gasteiger partial charge in [-0.25, -0.2) is 4.39 Å². The second-order valence-corrected chi connectivity index (χ2v) is 6.99. The molecule has 4 aromatic rings. The number of carbonyl (C=O) groups is 1. The van der Waals surface area contributed by atoms with Gasteiger partial charge in [-0.3, -0.25) is 4.79 Å². The number of aromatic nitrogens is 1. The molecular formula is C22H17FN2O2S. The number of nitrogens with zero attached hydrogens (tertiary/aromatic N) is 1. The predicted molar refractivity (Wildman–Crippen MR) is 110 cm³/mol. The minimum absolute atomic E-state index is 0.236. The van der Waals surface area contributed by atoms with E-state index in [2.05, 4.69) is 5.32 Å². The van der Waals surface area contributed by atoms with Gasteiger partial charge in [-0.05, 0) is 54.1 Å². The lowest BCUT2D eigenvalue weighted by molar-refractivity contribution is 0.103. The van der Waals surface area contributed by atoms with Crippen molar-refractivity contribution < 1.29 is 13.9 Å². The molecule has 0 aliphatic rings. The number of carbonyl (C=O) groups excluding carboxylic acids is 1. The summed E-state index contributed by atoms with van der Waals surface area (Å²) in [5, 5.41) is 4.81. The molecule has 0 saturated heterocycles. The third-order valence-corrected chi connectivity index (χ3v) is 5.30. The number of methoxy groups -OCH3 is 1. The Balaban J connectivity index is 1.74. The first kappa shape index (κ1) is 18.0. The van der Waals surface area contributed by atoms with Gasteiger partial charge in [0.25, 0.3) is 5.91 Å². The van der Waals surface area contributed by atoms with Crippen molar-refractivity contribution in [1.82, 2.24) is 4.57 Å². The van der Waals surface area contributed by atoms with Gasteiger partial charge in [0.05, 0.1) is 12.8 Å². The van der Waals surface area contributed by atoms with Crippen molar-refractivity contribution >= 4 is 22.9 Å². The molecule has 28 heavy (non-hydrogen) atoms. The molecule has 0 saturated carbocycles. The van der Waals surface area contributed by atoms with Crippen LogP contribution in [0.1, 0.15) is 9.67 Å². The van der Waals surface area contributed by atoms with Gasteiger partial charge in [-0.15, -0.1) is 11.3 Å². The third-order valence-electron chi connectivity index (χ3n) is 4.34. The zero-order valence-electron chi connectivity index (χ0n) is 15.1. The lowest BCUT2D eigenvalue weighted by atomic mass is 10.1. The van der Waals surface area contributed by atoms with Gasteiger partial charge in [0.2, 0.25) is 0 Å². The van der Waals surface area contributed by atoms with Crippen LogP contribution in [0, 0.1) is 5.82 Å². The first-order valence-corrected chi connectivity index (χ1v) is 9.50. The van der Waals surface area contributed by atoms with E-state index >= 15 is 0 Å². The number of nitrogens with one attached hydrogen (secondary N) is 1. The molecule has 140 valence electrons. The molecule has 1 amide bonds. The van der Waals surface area contributed by atoms with Gasteiger partial charge in [0.15, 0.2) is 0 Å². The summed E-state index contributed by atoms with van der Waals surface area (Å²) in [5.41, 5.74) is 3.29. The molecule has 2 aromatic heterocycles. The van der Waals surface area contributed by atoms with Crippen LogP contribution < -0.4 is 10.1 Å². The van der Waals surface area contributed by atoms with E-state index in [9.17, 15) is 9.18 Å². The summed E-state index contributed by atoms with van der Waals surface area (Å²) in [4.78, 5) is 13.5. The summed E-state index contributed by atoms with van der Waals surface area (Å²) >= 11 is 1.37. The lowest BCUT2D eigenvalue weighted by Gasteiger charge is -2.10. The van der Waals surface area contributed by atoms with Crippen molar-refractivity contribution in [3.63, 3.8) is 0 Å². The van der Waals surface area contributed by atoms with Crippen molar-refractivity contribution in [1.29, 1.82) is 0 Å². The highest BCUT2D eigenvalue weighted by Crippen LogP contribution is 2.36. The maximum absolute atomic E-state index is 13.1.